The van der Waals surface area contributed by atoms with Gasteiger partial charge in [-0.1, -0.05) is 0 Å². The van der Waals surface area contributed by atoms with Gasteiger partial charge in [-0.3, -0.25) is 14.6 Å². The van der Waals surface area contributed by atoms with Gasteiger partial charge in [-0.2, -0.15) is 0 Å². The first-order valence-electron chi connectivity index (χ1n) is 5.82. The predicted octanol–water partition coefficient (Wildman–Crippen LogP) is 0.986. The van der Waals surface area contributed by atoms with Crippen LogP contribution >= 0.6 is 0 Å². The molecule has 0 spiro atoms. The van der Waals surface area contributed by atoms with Crippen LogP contribution in [0.4, 0.5) is 11.6 Å². The molecule has 20 heavy (non-hydrogen) atoms. The van der Waals surface area contributed by atoms with Crippen molar-refractivity contribution in [2.75, 3.05) is 18.2 Å². The van der Waals surface area contributed by atoms with E-state index in [0.717, 1.165) is 0 Å². The van der Waals surface area contributed by atoms with E-state index in [9.17, 15) is 9.59 Å². The number of ether oxygens (including phenoxy) is 1. The second-order valence-electron chi connectivity index (χ2n) is 4.11. The minimum Gasteiger partial charge on any atom is -0.496 e. The number of aromatic amines is 1. The summed E-state index contributed by atoms with van der Waals surface area (Å²) in [6.07, 6.45) is 0. The van der Waals surface area contributed by atoms with Crippen molar-refractivity contribution in [1.82, 2.24) is 9.97 Å². The molecule has 0 aliphatic heterocycles. The predicted molar refractivity (Wildman–Crippen MR) is 75.6 cm³/mol. The normalized spacial score (nSPS) is 10.1. The molecule has 4 N–H and O–H groups in total. The Labute approximate surface area is 114 Å². The van der Waals surface area contributed by atoms with Crippen LogP contribution < -0.4 is 21.3 Å². The molecule has 0 radical (unpaired) electrons. The van der Waals surface area contributed by atoms with Gasteiger partial charge < -0.3 is 15.8 Å². The first-order valence-corrected chi connectivity index (χ1v) is 5.82. The van der Waals surface area contributed by atoms with E-state index in [2.05, 4.69) is 15.3 Å². The Morgan fingerprint density at radius 1 is 1.40 bits per heavy atom. The van der Waals surface area contributed by atoms with Crippen molar-refractivity contribution >= 4 is 17.5 Å². The van der Waals surface area contributed by atoms with E-state index in [1.54, 1.807) is 18.2 Å². The van der Waals surface area contributed by atoms with Crippen molar-refractivity contribution in [2.45, 2.75) is 6.92 Å². The Bertz CT molecular complexity index is 709. The van der Waals surface area contributed by atoms with Crippen molar-refractivity contribution in [3.8, 4) is 17.0 Å². The number of hydrogen-bond acceptors (Lipinski definition) is 5. The zero-order valence-corrected chi connectivity index (χ0v) is 11.1. The first kappa shape index (κ1) is 13.6. The Morgan fingerprint density at radius 3 is 2.75 bits per heavy atom. The van der Waals surface area contributed by atoms with E-state index >= 15 is 0 Å². The monoisotopic (exact) mass is 274 g/mol. The highest BCUT2D eigenvalue weighted by Gasteiger charge is 2.10. The molecule has 0 bridgehead atoms. The number of nitrogens with one attached hydrogen (secondary N) is 2. The van der Waals surface area contributed by atoms with Crippen LogP contribution in [0, 0.1) is 0 Å². The van der Waals surface area contributed by atoms with Crippen LogP contribution in [0.25, 0.3) is 11.3 Å². The molecule has 1 aromatic carbocycles. The molecule has 1 heterocycles. The number of H-pyrrole nitrogens is 1. The van der Waals surface area contributed by atoms with Gasteiger partial charge in [0.2, 0.25) is 11.9 Å². The van der Waals surface area contributed by atoms with Gasteiger partial charge in [-0.05, 0) is 18.2 Å². The average molecular weight is 274 g/mol. The van der Waals surface area contributed by atoms with Gasteiger partial charge in [0.05, 0.1) is 12.8 Å². The van der Waals surface area contributed by atoms with Gasteiger partial charge in [-0.15, -0.1) is 0 Å². The molecule has 0 saturated carbocycles. The summed E-state index contributed by atoms with van der Waals surface area (Å²) >= 11 is 0. The molecule has 1 aromatic heterocycles. The Kier molecular flexibility index (Phi) is 3.69. The van der Waals surface area contributed by atoms with E-state index < -0.39 is 0 Å². The van der Waals surface area contributed by atoms with Gasteiger partial charge >= 0.3 is 0 Å². The molecule has 104 valence electrons. The number of nitrogens with zero attached hydrogens (tertiary/aromatic N) is 1. The topological polar surface area (TPSA) is 110 Å². The number of nitrogens with two attached hydrogens (primary N) is 1. The summed E-state index contributed by atoms with van der Waals surface area (Å²) in [6, 6.07) is 6.35. The molecular weight excluding hydrogens is 260 g/mol. The molecule has 0 fully saturated rings. The summed E-state index contributed by atoms with van der Waals surface area (Å²) in [4.78, 5) is 29.0. The SMILES string of the molecule is COc1ccc(NC(C)=O)cc1-c1cc(=O)[nH]c(N)n1. The van der Waals surface area contributed by atoms with Crippen LogP contribution in [0.3, 0.4) is 0 Å². The average Bonchev–Trinajstić information content (AvgIpc) is 2.36. The number of rotatable bonds is 3. The maximum atomic E-state index is 11.5. The van der Waals surface area contributed by atoms with Crippen molar-refractivity contribution in [3.05, 3.63) is 34.6 Å². The summed E-state index contributed by atoms with van der Waals surface area (Å²) in [7, 11) is 1.51. The van der Waals surface area contributed by atoms with E-state index in [0.29, 0.717) is 22.7 Å². The number of methoxy groups -OCH3 is 1. The van der Waals surface area contributed by atoms with Crippen LogP contribution in [0.5, 0.6) is 5.75 Å². The fraction of sp³-hybridized carbons (Fsp3) is 0.154. The fourth-order valence-electron chi connectivity index (χ4n) is 1.80. The van der Waals surface area contributed by atoms with Crippen LogP contribution in [-0.4, -0.2) is 23.0 Å². The third-order valence-corrected chi connectivity index (χ3v) is 2.56. The number of benzene rings is 1. The lowest BCUT2D eigenvalue weighted by atomic mass is 10.1. The number of aromatic nitrogens is 2. The summed E-state index contributed by atoms with van der Waals surface area (Å²) < 4.78 is 5.23. The third kappa shape index (κ3) is 2.94. The van der Waals surface area contributed by atoms with Crippen LogP contribution in [0.15, 0.2) is 29.1 Å². The lowest BCUT2D eigenvalue weighted by Gasteiger charge is -2.10. The zero-order valence-electron chi connectivity index (χ0n) is 11.1. The smallest absolute Gasteiger partial charge is 0.252 e. The van der Waals surface area contributed by atoms with Crippen LogP contribution in [0.2, 0.25) is 0 Å². The highest BCUT2D eigenvalue weighted by molar-refractivity contribution is 5.90. The molecule has 0 aliphatic carbocycles. The summed E-state index contributed by atoms with van der Waals surface area (Å²) in [5.74, 6) is 0.343. The molecular formula is C13H14N4O3. The Hall–Kier alpha value is -2.83. The van der Waals surface area contributed by atoms with E-state index in [1.807, 2.05) is 0 Å². The number of nitrogen functional groups attached to an aromatic ring is 1. The van der Waals surface area contributed by atoms with Crippen molar-refractivity contribution in [3.63, 3.8) is 0 Å². The van der Waals surface area contributed by atoms with Crippen molar-refractivity contribution in [2.24, 2.45) is 0 Å². The van der Waals surface area contributed by atoms with Crippen LogP contribution in [-0.2, 0) is 4.79 Å². The van der Waals surface area contributed by atoms with Gasteiger partial charge in [0.1, 0.15) is 5.75 Å². The van der Waals surface area contributed by atoms with Gasteiger partial charge in [-0.25, -0.2) is 4.98 Å². The minimum absolute atomic E-state index is 0.0134. The molecule has 7 heteroatoms. The molecule has 2 rings (SSSR count). The quantitative estimate of drug-likeness (QED) is 0.773. The largest absolute Gasteiger partial charge is 0.496 e. The molecule has 0 saturated heterocycles. The Morgan fingerprint density at radius 2 is 2.15 bits per heavy atom. The molecule has 7 nitrogen and oxygen atoms in total. The van der Waals surface area contributed by atoms with E-state index in [-0.39, 0.29) is 17.4 Å². The van der Waals surface area contributed by atoms with Gasteiger partial charge in [0, 0.05) is 24.2 Å². The summed E-state index contributed by atoms with van der Waals surface area (Å²) in [5.41, 5.74) is 6.68. The number of hydrogen-bond donors (Lipinski definition) is 3. The highest BCUT2D eigenvalue weighted by Crippen LogP contribution is 2.30. The number of carbonyl (C=O) groups is 1. The summed E-state index contributed by atoms with van der Waals surface area (Å²) in [6.45, 7) is 1.41. The van der Waals surface area contributed by atoms with E-state index in [4.69, 9.17) is 10.5 Å². The number of amides is 1. The fourth-order valence-corrected chi connectivity index (χ4v) is 1.80. The maximum Gasteiger partial charge on any atom is 0.252 e. The Balaban J connectivity index is 2.57. The highest BCUT2D eigenvalue weighted by atomic mass is 16.5. The molecule has 1 amide bonds. The maximum absolute atomic E-state index is 11.5. The lowest BCUT2D eigenvalue weighted by Crippen LogP contribution is -2.11. The number of carbonyl (C=O) groups excluding carboxylic acids is 1. The third-order valence-electron chi connectivity index (χ3n) is 2.56. The molecule has 2 aromatic rings. The second-order valence-corrected chi connectivity index (χ2v) is 4.11. The van der Waals surface area contributed by atoms with E-state index in [1.165, 1.54) is 20.1 Å². The van der Waals surface area contributed by atoms with Crippen molar-refractivity contribution in [1.29, 1.82) is 0 Å². The van der Waals surface area contributed by atoms with Gasteiger partial charge in [0.15, 0.2) is 0 Å². The second kappa shape index (κ2) is 5.43. The first-order chi connectivity index (χ1) is 9.49. The molecule has 0 aliphatic rings. The van der Waals surface area contributed by atoms with Crippen LogP contribution in [0.1, 0.15) is 6.92 Å². The molecule has 0 unspecified atom stereocenters. The lowest BCUT2D eigenvalue weighted by molar-refractivity contribution is -0.114. The summed E-state index contributed by atoms with van der Waals surface area (Å²) in [5, 5.41) is 2.66. The van der Waals surface area contributed by atoms with Gasteiger partial charge in [0.25, 0.3) is 5.56 Å². The standard InChI is InChI=1S/C13H14N4O3/c1-7(18)15-8-3-4-11(20-2)9(5-8)10-6-12(19)17-13(14)16-10/h3-6H,1-2H3,(H,15,18)(H3,14,16,17,19). The minimum atomic E-state index is -0.362. The number of anilines is 2. The van der Waals surface area contributed by atoms with Crippen molar-refractivity contribution < 1.29 is 9.53 Å². The zero-order chi connectivity index (χ0) is 14.7. The molecule has 0 atom stereocenters.